The molecule has 1 aromatic heterocycles. The molecule has 2 saturated carbocycles. The van der Waals surface area contributed by atoms with Gasteiger partial charge in [0.1, 0.15) is 29.2 Å². The minimum atomic E-state index is -1.11. The predicted octanol–water partition coefficient (Wildman–Crippen LogP) is 3.75. The van der Waals surface area contributed by atoms with E-state index in [1.54, 1.807) is 6.33 Å². The molecule has 10 heteroatoms. The number of carbonyl (C=O) groups is 2. The molecule has 41 heavy (non-hydrogen) atoms. The summed E-state index contributed by atoms with van der Waals surface area (Å²) in [6.07, 6.45) is 5.00. The number of nitrogens with two attached hydrogens (primary N) is 1. The molecule has 0 bridgehead atoms. The third kappa shape index (κ3) is 4.80. The zero-order chi connectivity index (χ0) is 28.1. The van der Waals surface area contributed by atoms with E-state index in [1.807, 2.05) is 24.3 Å². The molecule has 4 aliphatic rings. The van der Waals surface area contributed by atoms with Crippen LogP contribution in [-0.2, 0) is 9.59 Å². The number of halogens is 1. The summed E-state index contributed by atoms with van der Waals surface area (Å²) in [5, 5.41) is 9.19. The Morgan fingerprint density at radius 2 is 1.56 bits per heavy atom. The van der Waals surface area contributed by atoms with Gasteiger partial charge in [-0.1, -0.05) is 12.1 Å². The van der Waals surface area contributed by atoms with Crippen molar-refractivity contribution in [2.24, 2.45) is 23.2 Å². The fourth-order valence-corrected chi connectivity index (χ4v) is 7.08. The molecule has 3 fully saturated rings. The number of benzene rings is 2. The Kier molecular flexibility index (Phi) is 6.37. The van der Waals surface area contributed by atoms with E-state index in [2.05, 4.69) is 30.8 Å². The van der Waals surface area contributed by atoms with E-state index < -0.39 is 5.41 Å². The van der Waals surface area contributed by atoms with Crippen molar-refractivity contribution < 1.29 is 14.0 Å². The average Bonchev–Trinajstić information content (AvgIpc) is 3.34. The Hall–Kier alpha value is -4.05. The first-order chi connectivity index (χ1) is 19.9. The van der Waals surface area contributed by atoms with Gasteiger partial charge >= 0.3 is 0 Å². The summed E-state index contributed by atoms with van der Waals surface area (Å²) in [6, 6.07) is 13.3. The molecular weight excluding hydrogens is 521 g/mol. The summed E-state index contributed by atoms with van der Waals surface area (Å²) in [4.78, 5) is 37.4. The van der Waals surface area contributed by atoms with E-state index in [9.17, 15) is 14.0 Å². The molecule has 3 unspecified atom stereocenters. The highest BCUT2D eigenvalue weighted by atomic mass is 19.1. The molecule has 3 atom stereocenters. The van der Waals surface area contributed by atoms with Crippen LogP contribution in [0.3, 0.4) is 0 Å². The first-order valence-electron chi connectivity index (χ1n) is 14.4. The highest BCUT2D eigenvalue weighted by molar-refractivity contribution is 6.16. The van der Waals surface area contributed by atoms with Crippen LogP contribution in [-0.4, -0.2) is 48.0 Å². The van der Waals surface area contributed by atoms with E-state index in [-0.39, 0.29) is 23.5 Å². The molecule has 3 heterocycles. The van der Waals surface area contributed by atoms with Gasteiger partial charge in [-0.3, -0.25) is 9.59 Å². The molecule has 2 aliphatic heterocycles. The number of aromatic nitrogens is 2. The second-order valence-corrected chi connectivity index (χ2v) is 12.1. The maximum absolute atomic E-state index is 13.2. The van der Waals surface area contributed by atoms with Gasteiger partial charge in [-0.25, -0.2) is 14.4 Å². The van der Waals surface area contributed by atoms with Crippen LogP contribution in [0.25, 0.3) is 0 Å². The summed E-state index contributed by atoms with van der Waals surface area (Å²) in [5.74, 6) is 2.61. The number of nitrogens with one attached hydrogen (secondary N) is 3. The fraction of sp³-hybridized carbons (Fsp3) is 0.419. The van der Waals surface area contributed by atoms with E-state index in [0.29, 0.717) is 36.0 Å². The molecule has 2 amide bonds. The van der Waals surface area contributed by atoms with Crippen molar-refractivity contribution in [3.8, 4) is 0 Å². The molecule has 212 valence electrons. The Morgan fingerprint density at radius 1 is 0.951 bits per heavy atom. The van der Waals surface area contributed by atoms with Crippen LogP contribution in [0.4, 0.5) is 27.4 Å². The minimum Gasteiger partial charge on any atom is -0.383 e. The zero-order valence-electron chi connectivity index (χ0n) is 22.8. The van der Waals surface area contributed by atoms with Crippen molar-refractivity contribution in [1.29, 1.82) is 0 Å². The Morgan fingerprint density at radius 3 is 2.17 bits per heavy atom. The minimum absolute atomic E-state index is 0.0368. The lowest BCUT2D eigenvalue weighted by atomic mass is 9.94. The number of amides is 2. The molecule has 2 aliphatic carbocycles. The third-order valence-electron chi connectivity index (χ3n) is 9.47. The summed E-state index contributed by atoms with van der Waals surface area (Å²) in [5.41, 5.74) is 8.41. The molecule has 0 radical (unpaired) electrons. The second kappa shape index (κ2) is 10.1. The van der Waals surface area contributed by atoms with Crippen LogP contribution in [0, 0.1) is 29.0 Å². The fourth-order valence-electron chi connectivity index (χ4n) is 7.08. The normalized spacial score (nSPS) is 25.4. The largest absolute Gasteiger partial charge is 0.383 e. The molecule has 2 aromatic carbocycles. The van der Waals surface area contributed by atoms with Gasteiger partial charge in [0.2, 0.25) is 11.8 Å². The zero-order valence-corrected chi connectivity index (χ0v) is 22.8. The molecule has 0 spiro atoms. The van der Waals surface area contributed by atoms with Crippen LogP contribution in [0.15, 0.2) is 54.9 Å². The van der Waals surface area contributed by atoms with Crippen molar-refractivity contribution >= 4 is 34.8 Å². The van der Waals surface area contributed by atoms with Gasteiger partial charge in [-0.05, 0) is 98.5 Å². The lowest BCUT2D eigenvalue weighted by Gasteiger charge is -2.23. The molecule has 7 rings (SSSR count). The van der Waals surface area contributed by atoms with Crippen molar-refractivity contribution in [2.45, 2.75) is 31.6 Å². The number of carbonyl (C=O) groups excluding carboxylic acids is 2. The van der Waals surface area contributed by atoms with Gasteiger partial charge < -0.3 is 26.6 Å². The first-order valence-corrected chi connectivity index (χ1v) is 14.4. The SMILES string of the molecule is Nc1ncnc2c1C(c1ccc(NC(=O)C3(C(=O)Nc4ccc(F)cc4)CC3)cc1)CN2CC1CC2CNCC2C1. The third-order valence-corrected chi connectivity index (χ3v) is 9.47. The maximum atomic E-state index is 13.2. The van der Waals surface area contributed by atoms with Gasteiger partial charge in [0.15, 0.2) is 0 Å². The topological polar surface area (TPSA) is 125 Å². The van der Waals surface area contributed by atoms with Gasteiger partial charge in [0.25, 0.3) is 0 Å². The van der Waals surface area contributed by atoms with Crippen LogP contribution >= 0.6 is 0 Å². The lowest BCUT2D eigenvalue weighted by molar-refractivity contribution is -0.131. The van der Waals surface area contributed by atoms with Crippen molar-refractivity contribution in [1.82, 2.24) is 15.3 Å². The Bertz CT molecular complexity index is 1460. The lowest BCUT2D eigenvalue weighted by Crippen LogP contribution is -2.35. The van der Waals surface area contributed by atoms with Gasteiger partial charge in [0.05, 0.1) is 0 Å². The Balaban J connectivity index is 1.03. The van der Waals surface area contributed by atoms with E-state index in [1.165, 1.54) is 37.1 Å². The van der Waals surface area contributed by atoms with Crippen LogP contribution in [0.1, 0.15) is 42.7 Å². The second-order valence-electron chi connectivity index (χ2n) is 12.1. The molecule has 1 saturated heterocycles. The van der Waals surface area contributed by atoms with Crippen LogP contribution in [0.2, 0.25) is 0 Å². The van der Waals surface area contributed by atoms with E-state index in [0.717, 1.165) is 55.0 Å². The smallest absolute Gasteiger partial charge is 0.240 e. The number of hydrogen-bond donors (Lipinski definition) is 4. The molecule has 5 N–H and O–H groups in total. The summed E-state index contributed by atoms with van der Waals surface area (Å²) >= 11 is 0. The maximum Gasteiger partial charge on any atom is 0.240 e. The van der Waals surface area contributed by atoms with Gasteiger partial charge in [-0.15, -0.1) is 0 Å². The summed E-state index contributed by atoms with van der Waals surface area (Å²) < 4.78 is 13.2. The monoisotopic (exact) mass is 555 g/mol. The summed E-state index contributed by atoms with van der Waals surface area (Å²) in [6.45, 7) is 4.04. The highest BCUT2D eigenvalue weighted by Crippen LogP contribution is 2.48. The Labute approximate surface area is 238 Å². The van der Waals surface area contributed by atoms with Gasteiger partial charge in [0, 0.05) is 35.9 Å². The van der Waals surface area contributed by atoms with Crippen LogP contribution in [0.5, 0.6) is 0 Å². The number of rotatable bonds is 7. The number of hydrogen-bond acceptors (Lipinski definition) is 7. The van der Waals surface area contributed by atoms with E-state index in [4.69, 9.17) is 5.73 Å². The van der Waals surface area contributed by atoms with Gasteiger partial charge in [-0.2, -0.15) is 0 Å². The van der Waals surface area contributed by atoms with E-state index >= 15 is 0 Å². The number of fused-ring (bicyclic) bond motifs is 2. The predicted molar refractivity (Wildman–Crippen MR) is 155 cm³/mol. The molecule has 3 aromatic rings. The quantitative estimate of drug-likeness (QED) is 0.327. The number of nitrogens with zero attached hydrogens (tertiary/aromatic N) is 3. The molecule has 9 nitrogen and oxygen atoms in total. The molecular formula is C31H34FN7O2. The van der Waals surface area contributed by atoms with Crippen molar-refractivity contribution in [3.05, 3.63) is 71.8 Å². The van der Waals surface area contributed by atoms with Crippen molar-refractivity contribution in [2.75, 3.05) is 47.4 Å². The summed E-state index contributed by atoms with van der Waals surface area (Å²) in [7, 11) is 0. The first kappa shape index (κ1) is 25.9. The number of anilines is 4. The highest BCUT2D eigenvalue weighted by Gasteiger charge is 2.56. The standard InChI is InChI=1S/C31H34FN7O2/c32-22-3-7-24(8-4-22)38-30(41)31(9-10-31)29(40)37-23-5-1-19(2-6-23)25-16-39(28-26(25)27(33)35-17-36-28)15-18-11-20-13-34-14-21(20)12-18/h1-8,17-18,20-21,25,34H,9-16H2,(H,37,40)(H,38,41)(H2,33,35,36). The van der Waals surface area contributed by atoms with Crippen LogP contribution < -0.4 is 26.6 Å². The van der Waals surface area contributed by atoms with Crippen molar-refractivity contribution in [3.63, 3.8) is 0 Å². The average molecular weight is 556 g/mol. The number of nitrogen functional groups attached to an aromatic ring is 1.